The highest BCUT2D eigenvalue weighted by molar-refractivity contribution is 5.45. The molecule has 0 aromatic carbocycles. The average Bonchev–Trinajstić information content (AvgIpc) is 3.00. The lowest BCUT2D eigenvalue weighted by Crippen LogP contribution is -2.25. The van der Waals surface area contributed by atoms with Crippen molar-refractivity contribution < 1.29 is 5.11 Å². The van der Waals surface area contributed by atoms with Crippen LogP contribution in [0.25, 0.3) is 0 Å². The minimum atomic E-state index is -0.121. The molecule has 3 atom stereocenters. The molecule has 1 aromatic rings. The SMILES string of the molecule is CCCNc1cncc(N2CC3CCC(O)C3C2)n1. The molecule has 0 spiro atoms. The molecule has 104 valence electrons. The van der Waals surface area contributed by atoms with Gasteiger partial charge in [-0.3, -0.25) is 4.98 Å². The number of aromatic nitrogens is 2. The molecule has 1 aliphatic heterocycles. The van der Waals surface area contributed by atoms with E-state index in [9.17, 15) is 5.11 Å². The monoisotopic (exact) mass is 262 g/mol. The van der Waals surface area contributed by atoms with Gasteiger partial charge in [0.25, 0.3) is 0 Å². The molecule has 0 radical (unpaired) electrons. The van der Waals surface area contributed by atoms with E-state index in [0.29, 0.717) is 11.8 Å². The maximum Gasteiger partial charge on any atom is 0.149 e. The average molecular weight is 262 g/mol. The predicted octanol–water partition coefficient (Wildman–Crippen LogP) is 1.51. The molecule has 5 heteroatoms. The lowest BCUT2D eigenvalue weighted by Gasteiger charge is -2.19. The van der Waals surface area contributed by atoms with Gasteiger partial charge >= 0.3 is 0 Å². The Balaban J connectivity index is 1.69. The quantitative estimate of drug-likeness (QED) is 0.861. The van der Waals surface area contributed by atoms with Crippen LogP contribution in [0.5, 0.6) is 0 Å². The number of aliphatic hydroxyl groups is 1. The van der Waals surface area contributed by atoms with E-state index < -0.39 is 0 Å². The van der Waals surface area contributed by atoms with E-state index in [1.165, 1.54) is 0 Å². The van der Waals surface area contributed by atoms with Gasteiger partial charge in [0.05, 0.1) is 18.5 Å². The highest BCUT2D eigenvalue weighted by atomic mass is 16.3. The molecule has 19 heavy (non-hydrogen) atoms. The number of hydrogen-bond acceptors (Lipinski definition) is 5. The molecule has 0 amide bonds. The third-order valence-corrected chi connectivity index (χ3v) is 4.32. The van der Waals surface area contributed by atoms with Gasteiger partial charge in [-0.2, -0.15) is 0 Å². The Morgan fingerprint density at radius 2 is 2.26 bits per heavy atom. The number of anilines is 2. The van der Waals surface area contributed by atoms with Crippen LogP contribution in [0.1, 0.15) is 26.2 Å². The molecule has 1 saturated heterocycles. The van der Waals surface area contributed by atoms with Crippen LogP contribution in [0, 0.1) is 11.8 Å². The molecule has 1 saturated carbocycles. The van der Waals surface area contributed by atoms with Gasteiger partial charge in [0.2, 0.25) is 0 Å². The van der Waals surface area contributed by atoms with Gasteiger partial charge in [-0.25, -0.2) is 4.98 Å². The topological polar surface area (TPSA) is 61.3 Å². The molecule has 0 bridgehead atoms. The first kappa shape index (κ1) is 12.7. The Labute approximate surface area is 114 Å². The first-order valence-corrected chi connectivity index (χ1v) is 7.27. The lowest BCUT2D eigenvalue weighted by atomic mass is 10.00. The van der Waals surface area contributed by atoms with Crippen molar-refractivity contribution in [3.05, 3.63) is 12.4 Å². The van der Waals surface area contributed by atoms with E-state index in [0.717, 1.165) is 50.5 Å². The molecule has 5 nitrogen and oxygen atoms in total. The maximum absolute atomic E-state index is 9.96. The summed E-state index contributed by atoms with van der Waals surface area (Å²) in [5, 5.41) is 13.2. The standard InChI is InChI=1S/C14H22N4O/c1-2-5-16-13-6-15-7-14(17-13)18-8-10-3-4-12(19)11(10)9-18/h6-7,10-12,19H,2-5,8-9H2,1H3,(H,16,17). The fraction of sp³-hybridized carbons (Fsp3) is 0.714. The second kappa shape index (κ2) is 5.33. The fourth-order valence-corrected chi connectivity index (χ4v) is 3.27. The summed E-state index contributed by atoms with van der Waals surface area (Å²) in [6, 6.07) is 0. The summed E-state index contributed by atoms with van der Waals surface area (Å²) >= 11 is 0. The number of aliphatic hydroxyl groups excluding tert-OH is 1. The lowest BCUT2D eigenvalue weighted by molar-refractivity contribution is 0.133. The first-order valence-electron chi connectivity index (χ1n) is 7.27. The minimum Gasteiger partial charge on any atom is -0.393 e. The van der Waals surface area contributed by atoms with Gasteiger partial charge in [-0.05, 0) is 25.2 Å². The van der Waals surface area contributed by atoms with Crippen LogP contribution in [0.15, 0.2) is 12.4 Å². The number of hydrogen-bond donors (Lipinski definition) is 2. The van der Waals surface area contributed by atoms with Crippen LogP contribution in [0.2, 0.25) is 0 Å². The van der Waals surface area contributed by atoms with Crippen molar-refractivity contribution in [1.29, 1.82) is 0 Å². The molecule has 3 rings (SSSR count). The van der Waals surface area contributed by atoms with Crippen LogP contribution in [-0.2, 0) is 0 Å². The van der Waals surface area contributed by atoms with Gasteiger partial charge < -0.3 is 15.3 Å². The van der Waals surface area contributed by atoms with E-state index in [4.69, 9.17) is 0 Å². The van der Waals surface area contributed by atoms with Crippen molar-refractivity contribution >= 4 is 11.6 Å². The number of nitrogens with one attached hydrogen (secondary N) is 1. The molecule has 2 heterocycles. The van der Waals surface area contributed by atoms with Crippen molar-refractivity contribution in [1.82, 2.24) is 9.97 Å². The third-order valence-electron chi connectivity index (χ3n) is 4.32. The van der Waals surface area contributed by atoms with Crippen LogP contribution in [-0.4, -0.2) is 40.8 Å². The zero-order valence-corrected chi connectivity index (χ0v) is 11.4. The normalized spacial score (nSPS) is 29.6. The van der Waals surface area contributed by atoms with Gasteiger partial charge in [-0.1, -0.05) is 6.92 Å². The van der Waals surface area contributed by atoms with E-state index in [2.05, 4.69) is 27.1 Å². The van der Waals surface area contributed by atoms with Crippen LogP contribution in [0.4, 0.5) is 11.6 Å². The summed E-state index contributed by atoms with van der Waals surface area (Å²) < 4.78 is 0. The minimum absolute atomic E-state index is 0.121. The Bertz CT molecular complexity index is 439. The maximum atomic E-state index is 9.96. The predicted molar refractivity (Wildman–Crippen MR) is 75.2 cm³/mol. The smallest absolute Gasteiger partial charge is 0.149 e. The molecule has 1 aromatic heterocycles. The van der Waals surface area contributed by atoms with Gasteiger partial charge in [0.1, 0.15) is 11.6 Å². The highest BCUT2D eigenvalue weighted by Gasteiger charge is 2.42. The first-order chi connectivity index (χ1) is 9.28. The molecule has 2 aliphatic rings. The van der Waals surface area contributed by atoms with Crippen LogP contribution < -0.4 is 10.2 Å². The Morgan fingerprint density at radius 3 is 3.05 bits per heavy atom. The fourth-order valence-electron chi connectivity index (χ4n) is 3.27. The van der Waals surface area contributed by atoms with Crippen molar-refractivity contribution in [2.45, 2.75) is 32.3 Å². The number of nitrogens with zero attached hydrogens (tertiary/aromatic N) is 3. The molecule has 3 unspecified atom stereocenters. The summed E-state index contributed by atoms with van der Waals surface area (Å²) in [6.45, 7) is 4.97. The zero-order valence-electron chi connectivity index (χ0n) is 11.4. The highest BCUT2D eigenvalue weighted by Crippen LogP contribution is 2.39. The molecular formula is C14H22N4O. The molecule has 2 N–H and O–H groups in total. The molecule has 2 fully saturated rings. The van der Waals surface area contributed by atoms with Gasteiger partial charge in [-0.15, -0.1) is 0 Å². The summed E-state index contributed by atoms with van der Waals surface area (Å²) in [4.78, 5) is 11.1. The van der Waals surface area contributed by atoms with Crippen molar-refractivity contribution in [3.8, 4) is 0 Å². The van der Waals surface area contributed by atoms with Crippen LogP contribution in [0.3, 0.4) is 0 Å². The van der Waals surface area contributed by atoms with Crippen molar-refractivity contribution in [3.63, 3.8) is 0 Å². The molecule has 1 aliphatic carbocycles. The van der Waals surface area contributed by atoms with E-state index >= 15 is 0 Å². The Morgan fingerprint density at radius 1 is 1.37 bits per heavy atom. The second-order valence-corrected chi connectivity index (χ2v) is 5.66. The van der Waals surface area contributed by atoms with Gasteiger partial charge in [0.15, 0.2) is 0 Å². The summed E-state index contributed by atoms with van der Waals surface area (Å²) in [5.74, 6) is 2.83. The summed E-state index contributed by atoms with van der Waals surface area (Å²) in [5.41, 5.74) is 0. The van der Waals surface area contributed by atoms with E-state index in [1.807, 2.05) is 6.20 Å². The zero-order chi connectivity index (χ0) is 13.2. The van der Waals surface area contributed by atoms with Crippen LogP contribution >= 0.6 is 0 Å². The molecular weight excluding hydrogens is 240 g/mol. The Hall–Kier alpha value is -1.36. The summed E-state index contributed by atoms with van der Waals surface area (Å²) in [7, 11) is 0. The number of fused-ring (bicyclic) bond motifs is 1. The van der Waals surface area contributed by atoms with E-state index in [-0.39, 0.29) is 6.10 Å². The van der Waals surface area contributed by atoms with E-state index in [1.54, 1.807) is 6.20 Å². The second-order valence-electron chi connectivity index (χ2n) is 5.66. The van der Waals surface area contributed by atoms with Crippen molar-refractivity contribution in [2.75, 3.05) is 29.9 Å². The third kappa shape index (κ3) is 2.52. The number of rotatable bonds is 4. The largest absolute Gasteiger partial charge is 0.393 e. The van der Waals surface area contributed by atoms with Gasteiger partial charge in [0, 0.05) is 25.6 Å². The Kier molecular flexibility index (Phi) is 3.55. The van der Waals surface area contributed by atoms with Crippen molar-refractivity contribution in [2.24, 2.45) is 11.8 Å². The summed E-state index contributed by atoms with van der Waals surface area (Å²) in [6.07, 6.45) is 6.65.